The van der Waals surface area contributed by atoms with Crippen molar-refractivity contribution in [3.8, 4) is 0 Å². The third kappa shape index (κ3) is 3.38. The molecule has 1 aliphatic heterocycles. The van der Waals surface area contributed by atoms with Crippen LogP contribution in [0.4, 0.5) is 10.1 Å². The second kappa shape index (κ2) is 6.68. The maximum Gasteiger partial charge on any atom is 0.266 e. The van der Waals surface area contributed by atoms with Crippen LogP contribution in [-0.2, 0) is 4.79 Å². The summed E-state index contributed by atoms with van der Waals surface area (Å²) in [6, 6.07) is 7.97. The van der Waals surface area contributed by atoms with Crippen LogP contribution in [0.15, 0.2) is 45.6 Å². The number of aryl methyl sites for hydroxylation is 1. The summed E-state index contributed by atoms with van der Waals surface area (Å²) in [5, 5.41) is 2.64. The van der Waals surface area contributed by atoms with Gasteiger partial charge in [-0.1, -0.05) is 0 Å². The summed E-state index contributed by atoms with van der Waals surface area (Å²) in [5.74, 6) is -0.337. The number of benzene rings is 1. The van der Waals surface area contributed by atoms with Crippen LogP contribution in [-0.4, -0.2) is 22.5 Å². The predicted octanol–water partition coefficient (Wildman–Crippen LogP) is 4.82. The highest BCUT2D eigenvalue weighted by atomic mass is 32.2. The number of halogens is 1. The number of amidine groups is 1. The quantitative estimate of drug-likeness (QED) is 0.747. The maximum atomic E-state index is 13.0. The van der Waals surface area contributed by atoms with Crippen LogP contribution in [0.5, 0.6) is 0 Å². The number of thiophene rings is 1. The van der Waals surface area contributed by atoms with Crippen molar-refractivity contribution >= 4 is 45.9 Å². The lowest BCUT2D eigenvalue weighted by Gasteiger charge is -2.11. The zero-order valence-electron chi connectivity index (χ0n) is 12.7. The number of nitrogens with zero attached hydrogens (tertiary/aromatic N) is 2. The number of rotatable bonds is 3. The lowest BCUT2D eigenvalue weighted by atomic mass is 10.2. The molecule has 3 nitrogen and oxygen atoms in total. The number of carbonyl (C=O) groups is 1. The molecule has 23 heavy (non-hydrogen) atoms. The molecule has 0 radical (unpaired) electrons. The number of hydrogen-bond donors (Lipinski definition) is 0. The molecular formula is C17H15FN2OS2. The fourth-order valence-electron chi connectivity index (χ4n) is 2.15. The van der Waals surface area contributed by atoms with E-state index in [1.54, 1.807) is 28.4 Å². The van der Waals surface area contributed by atoms with Gasteiger partial charge in [0.25, 0.3) is 5.91 Å². The number of aliphatic imine (C=N–C) groups is 1. The first-order valence-corrected chi connectivity index (χ1v) is 8.88. The summed E-state index contributed by atoms with van der Waals surface area (Å²) in [4.78, 5) is 20.4. The van der Waals surface area contributed by atoms with Gasteiger partial charge < -0.3 is 0 Å². The van der Waals surface area contributed by atoms with Crippen molar-refractivity contribution in [2.24, 2.45) is 4.99 Å². The first-order chi connectivity index (χ1) is 11.1. The predicted molar refractivity (Wildman–Crippen MR) is 95.5 cm³/mol. The van der Waals surface area contributed by atoms with Crippen LogP contribution in [0.25, 0.3) is 6.08 Å². The van der Waals surface area contributed by atoms with E-state index in [-0.39, 0.29) is 11.7 Å². The van der Waals surface area contributed by atoms with Gasteiger partial charge in [0.1, 0.15) is 5.82 Å². The zero-order valence-corrected chi connectivity index (χ0v) is 14.4. The summed E-state index contributed by atoms with van der Waals surface area (Å²) in [5.41, 5.74) is 1.79. The van der Waals surface area contributed by atoms with Crippen molar-refractivity contribution in [1.29, 1.82) is 0 Å². The zero-order chi connectivity index (χ0) is 16.4. The molecule has 0 N–H and O–H groups in total. The van der Waals surface area contributed by atoms with Gasteiger partial charge in [0.2, 0.25) is 0 Å². The van der Waals surface area contributed by atoms with Gasteiger partial charge in [0, 0.05) is 11.4 Å². The molecule has 1 aromatic heterocycles. The highest BCUT2D eigenvalue weighted by Crippen LogP contribution is 2.35. The summed E-state index contributed by atoms with van der Waals surface area (Å²) in [7, 11) is 0. The Hall–Kier alpha value is -1.92. The topological polar surface area (TPSA) is 32.7 Å². The molecule has 0 unspecified atom stereocenters. The molecule has 0 atom stereocenters. The molecule has 1 aromatic carbocycles. The minimum atomic E-state index is -0.301. The van der Waals surface area contributed by atoms with E-state index in [1.165, 1.54) is 23.9 Å². The second-order valence-electron chi connectivity index (χ2n) is 5.00. The number of thioether (sulfide) groups is 1. The summed E-state index contributed by atoms with van der Waals surface area (Å²) >= 11 is 2.97. The molecule has 0 bridgehead atoms. The van der Waals surface area contributed by atoms with E-state index >= 15 is 0 Å². The van der Waals surface area contributed by atoms with Crippen LogP contribution in [0.2, 0.25) is 0 Å². The van der Waals surface area contributed by atoms with E-state index < -0.39 is 0 Å². The van der Waals surface area contributed by atoms with Crippen molar-refractivity contribution in [1.82, 2.24) is 4.90 Å². The number of carbonyl (C=O) groups excluding carboxylic acids is 1. The number of likely N-dealkylation sites (N-methyl/N-ethyl adjacent to an activating group) is 1. The Kier molecular flexibility index (Phi) is 4.63. The van der Waals surface area contributed by atoms with Crippen LogP contribution in [0.1, 0.15) is 17.4 Å². The molecule has 3 rings (SSSR count). The number of amides is 1. The third-order valence-electron chi connectivity index (χ3n) is 3.42. The Labute approximate surface area is 142 Å². The van der Waals surface area contributed by atoms with Crippen molar-refractivity contribution in [3.63, 3.8) is 0 Å². The van der Waals surface area contributed by atoms with Crippen molar-refractivity contribution in [2.75, 3.05) is 6.54 Å². The Morgan fingerprint density at radius 3 is 2.61 bits per heavy atom. The fraction of sp³-hybridized carbons (Fsp3) is 0.176. The molecule has 118 valence electrons. The first kappa shape index (κ1) is 16.0. The molecule has 1 saturated heterocycles. The van der Waals surface area contributed by atoms with E-state index in [4.69, 9.17) is 0 Å². The van der Waals surface area contributed by atoms with Crippen molar-refractivity contribution in [2.45, 2.75) is 13.8 Å². The molecule has 0 aliphatic carbocycles. The molecule has 1 amide bonds. The van der Waals surface area contributed by atoms with E-state index in [9.17, 15) is 9.18 Å². The maximum absolute atomic E-state index is 13.0. The lowest BCUT2D eigenvalue weighted by molar-refractivity contribution is -0.122. The molecule has 0 spiro atoms. The highest BCUT2D eigenvalue weighted by Gasteiger charge is 2.32. The van der Waals surface area contributed by atoms with Crippen LogP contribution >= 0.6 is 23.1 Å². The smallest absolute Gasteiger partial charge is 0.266 e. The lowest BCUT2D eigenvalue weighted by Crippen LogP contribution is -2.28. The van der Waals surface area contributed by atoms with E-state index in [0.717, 1.165) is 10.4 Å². The Morgan fingerprint density at radius 2 is 2.00 bits per heavy atom. The standard InChI is InChI=1S/C17H15FN2OS2/c1-3-20-16(21)15(10-14-11(2)8-9-22-14)23-17(20)19-13-6-4-12(18)5-7-13/h4-10H,3H2,1-2H3/b15-10+,19-17?. The largest absolute Gasteiger partial charge is 0.287 e. The summed E-state index contributed by atoms with van der Waals surface area (Å²) < 4.78 is 13.0. The average molecular weight is 346 g/mol. The van der Waals surface area contributed by atoms with Crippen molar-refractivity contribution in [3.05, 3.63) is 56.9 Å². The van der Waals surface area contributed by atoms with Gasteiger partial charge in [-0.25, -0.2) is 9.38 Å². The Balaban J connectivity index is 1.93. The van der Waals surface area contributed by atoms with Gasteiger partial charge in [-0.05, 0) is 73.0 Å². The monoisotopic (exact) mass is 346 g/mol. The van der Waals surface area contributed by atoms with Gasteiger partial charge in [0.05, 0.1) is 10.6 Å². The SMILES string of the molecule is CCN1C(=O)/C(=C\c2sccc2C)SC1=Nc1ccc(F)cc1. The van der Waals surface area contributed by atoms with Crippen molar-refractivity contribution < 1.29 is 9.18 Å². The van der Waals surface area contributed by atoms with Crippen LogP contribution in [0.3, 0.4) is 0 Å². The molecule has 6 heteroatoms. The van der Waals surface area contributed by atoms with Gasteiger partial charge in [-0.3, -0.25) is 9.69 Å². The highest BCUT2D eigenvalue weighted by molar-refractivity contribution is 8.18. The minimum Gasteiger partial charge on any atom is -0.287 e. The Morgan fingerprint density at radius 1 is 1.26 bits per heavy atom. The van der Waals surface area contributed by atoms with Gasteiger partial charge in [-0.15, -0.1) is 11.3 Å². The second-order valence-corrected chi connectivity index (χ2v) is 6.96. The average Bonchev–Trinajstić information content (AvgIpc) is 3.06. The summed E-state index contributed by atoms with van der Waals surface area (Å²) in [6.45, 7) is 4.49. The molecule has 2 aromatic rings. The molecular weight excluding hydrogens is 331 g/mol. The van der Waals surface area contributed by atoms with Gasteiger partial charge in [0.15, 0.2) is 5.17 Å². The van der Waals surface area contributed by atoms with E-state index in [1.807, 2.05) is 31.4 Å². The van der Waals surface area contributed by atoms with Crippen LogP contribution in [0, 0.1) is 12.7 Å². The third-order valence-corrected chi connectivity index (χ3v) is 5.39. The molecule has 2 heterocycles. The minimum absolute atomic E-state index is 0.0360. The van der Waals surface area contributed by atoms with Gasteiger partial charge in [-0.2, -0.15) is 0 Å². The van der Waals surface area contributed by atoms with E-state index in [0.29, 0.717) is 22.3 Å². The first-order valence-electron chi connectivity index (χ1n) is 7.18. The molecule has 0 saturated carbocycles. The Bertz CT molecular complexity index is 793. The van der Waals surface area contributed by atoms with E-state index in [2.05, 4.69) is 4.99 Å². The fourth-order valence-corrected chi connectivity index (χ4v) is 4.13. The van der Waals surface area contributed by atoms with Crippen LogP contribution < -0.4 is 0 Å². The summed E-state index contributed by atoms with van der Waals surface area (Å²) in [6.07, 6.45) is 1.92. The van der Waals surface area contributed by atoms with Gasteiger partial charge >= 0.3 is 0 Å². The normalized spacial score (nSPS) is 18.4. The molecule has 1 fully saturated rings. The molecule has 1 aliphatic rings. The number of hydrogen-bond acceptors (Lipinski definition) is 4.